The lowest BCUT2D eigenvalue weighted by Crippen LogP contribution is -2.54. The van der Waals surface area contributed by atoms with E-state index in [1.54, 1.807) is 13.8 Å². The minimum atomic E-state index is -1.49. The summed E-state index contributed by atoms with van der Waals surface area (Å²) in [6.07, 6.45) is -0.186. The first-order valence-electron chi connectivity index (χ1n) is 9.41. The maximum Gasteiger partial charge on any atom is 0.326 e. The van der Waals surface area contributed by atoms with Crippen LogP contribution in [0.25, 0.3) is 0 Å². The Labute approximate surface area is 169 Å². The van der Waals surface area contributed by atoms with E-state index in [0.29, 0.717) is 6.42 Å². The highest BCUT2D eigenvalue weighted by Crippen LogP contribution is 2.06. The number of nitrogens with one attached hydrogen (secondary N) is 3. The van der Waals surface area contributed by atoms with Crippen LogP contribution in [0.5, 0.6) is 0 Å². The molecule has 0 aromatic heterocycles. The Kier molecular flexibility index (Phi) is 11.5. The van der Waals surface area contributed by atoms with Crippen LogP contribution < -0.4 is 21.7 Å². The third kappa shape index (κ3) is 11.7. The summed E-state index contributed by atoms with van der Waals surface area (Å²) >= 11 is 0. The first-order valence-corrected chi connectivity index (χ1v) is 9.41. The van der Waals surface area contributed by atoms with E-state index < -0.39 is 60.8 Å². The van der Waals surface area contributed by atoms with Crippen LogP contribution in [0.15, 0.2) is 0 Å². The van der Waals surface area contributed by atoms with Gasteiger partial charge in [-0.15, -0.1) is 0 Å². The van der Waals surface area contributed by atoms with E-state index in [1.165, 1.54) is 0 Å². The lowest BCUT2D eigenvalue weighted by atomic mass is 10.0. The third-order valence-electron chi connectivity index (χ3n) is 3.84. The molecule has 3 amide bonds. The molecular formula is C18H32N4O7. The Morgan fingerprint density at radius 2 is 1.38 bits per heavy atom. The van der Waals surface area contributed by atoms with Crippen LogP contribution in [0, 0.1) is 11.8 Å². The quantitative estimate of drug-likeness (QED) is 0.221. The minimum Gasteiger partial charge on any atom is -0.481 e. The van der Waals surface area contributed by atoms with Gasteiger partial charge in [0, 0.05) is 0 Å². The smallest absolute Gasteiger partial charge is 0.326 e. The van der Waals surface area contributed by atoms with Crippen molar-refractivity contribution in [3.63, 3.8) is 0 Å². The number of carbonyl (C=O) groups is 5. The topological polar surface area (TPSA) is 188 Å². The van der Waals surface area contributed by atoms with Gasteiger partial charge in [-0.05, 0) is 24.7 Å². The molecule has 166 valence electrons. The van der Waals surface area contributed by atoms with Gasteiger partial charge in [-0.2, -0.15) is 0 Å². The van der Waals surface area contributed by atoms with Crippen molar-refractivity contribution in [1.82, 2.24) is 16.0 Å². The van der Waals surface area contributed by atoms with Gasteiger partial charge >= 0.3 is 11.9 Å². The van der Waals surface area contributed by atoms with Gasteiger partial charge in [-0.3, -0.25) is 19.2 Å². The summed E-state index contributed by atoms with van der Waals surface area (Å²) in [4.78, 5) is 58.5. The SMILES string of the molecule is CC(C)CC(N)C(=O)NCC(=O)NC(CC(=O)O)C(=O)NC(CC(C)C)C(=O)O. The molecule has 7 N–H and O–H groups in total. The number of carboxylic acids is 2. The molecule has 0 rings (SSSR count). The van der Waals surface area contributed by atoms with Gasteiger partial charge in [0.05, 0.1) is 19.0 Å². The second-order valence-electron chi connectivity index (χ2n) is 7.70. The summed E-state index contributed by atoms with van der Waals surface area (Å²) in [5.41, 5.74) is 5.70. The predicted octanol–water partition coefficient (Wildman–Crippen LogP) is -0.949. The highest BCUT2D eigenvalue weighted by atomic mass is 16.4. The Morgan fingerprint density at radius 1 is 0.828 bits per heavy atom. The number of hydrogen-bond acceptors (Lipinski definition) is 6. The van der Waals surface area contributed by atoms with Crippen molar-refractivity contribution < 1.29 is 34.2 Å². The fourth-order valence-corrected chi connectivity index (χ4v) is 2.51. The number of carbonyl (C=O) groups excluding carboxylic acids is 3. The molecule has 11 heteroatoms. The normalized spacial score (nSPS) is 14.0. The van der Waals surface area contributed by atoms with Gasteiger partial charge in [0.1, 0.15) is 12.1 Å². The zero-order valence-electron chi connectivity index (χ0n) is 17.2. The molecule has 3 unspecified atom stereocenters. The largest absolute Gasteiger partial charge is 0.481 e. The van der Waals surface area contributed by atoms with Crippen LogP contribution in [0.3, 0.4) is 0 Å². The lowest BCUT2D eigenvalue weighted by molar-refractivity contribution is -0.143. The van der Waals surface area contributed by atoms with Crippen LogP contribution in [0.1, 0.15) is 47.0 Å². The van der Waals surface area contributed by atoms with Gasteiger partial charge < -0.3 is 31.9 Å². The van der Waals surface area contributed by atoms with E-state index in [9.17, 15) is 29.1 Å². The summed E-state index contributed by atoms with van der Waals surface area (Å²) in [5.74, 6) is -4.75. The first-order chi connectivity index (χ1) is 13.3. The second-order valence-corrected chi connectivity index (χ2v) is 7.70. The fourth-order valence-electron chi connectivity index (χ4n) is 2.51. The molecular weight excluding hydrogens is 384 g/mol. The summed E-state index contributed by atoms with van der Waals surface area (Å²) < 4.78 is 0. The van der Waals surface area contributed by atoms with Gasteiger partial charge in [0.15, 0.2) is 0 Å². The van der Waals surface area contributed by atoms with Crippen molar-refractivity contribution in [3.8, 4) is 0 Å². The summed E-state index contributed by atoms with van der Waals surface area (Å²) in [5, 5.41) is 24.9. The number of aliphatic carboxylic acids is 2. The molecule has 0 aliphatic heterocycles. The van der Waals surface area contributed by atoms with Crippen molar-refractivity contribution >= 4 is 29.7 Å². The molecule has 0 saturated heterocycles. The number of carboxylic acid groups (broad SMARTS) is 2. The zero-order valence-corrected chi connectivity index (χ0v) is 17.2. The summed E-state index contributed by atoms with van der Waals surface area (Å²) in [6.45, 7) is 6.82. The Hall–Kier alpha value is -2.69. The highest BCUT2D eigenvalue weighted by molar-refractivity contribution is 5.94. The number of hydrogen-bond donors (Lipinski definition) is 6. The first kappa shape index (κ1) is 26.3. The van der Waals surface area contributed by atoms with E-state index in [2.05, 4.69) is 16.0 Å². The van der Waals surface area contributed by atoms with E-state index in [4.69, 9.17) is 10.8 Å². The molecule has 0 aromatic carbocycles. The molecule has 0 aromatic rings. The summed E-state index contributed by atoms with van der Waals surface area (Å²) in [7, 11) is 0. The molecule has 11 nitrogen and oxygen atoms in total. The maximum absolute atomic E-state index is 12.3. The van der Waals surface area contributed by atoms with Crippen molar-refractivity contribution in [2.24, 2.45) is 17.6 Å². The molecule has 0 bridgehead atoms. The van der Waals surface area contributed by atoms with Crippen molar-refractivity contribution in [3.05, 3.63) is 0 Å². The highest BCUT2D eigenvalue weighted by Gasteiger charge is 2.29. The van der Waals surface area contributed by atoms with Crippen molar-refractivity contribution in [2.45, 2.75) is 65.1 Å². The molecule has 0 heterocycles. The average Bonchev–Trinajstić information content (AvgIpc) is 2.56. The molecule has 0 fully saturated rings. The fraction of sp³-hybridized carbons (Fsp3) is 0.722. The Morgan fingerprint density at radius 3 is 1.83 bits per heavy atom. The van der Waals surface area contributed by atoms with E-state index >= 15 is 0 Å². The van der Waals surface area contributed by atoms with Crippen LogP contribution in [-0.4, -0.2) is 64.5 Å². The lowest BCUT2D eigenvalue weighted by Gasteiger charge is -2.21. The van der Waals surface area contributed by atoms with Gasteiger partial charge in [0.2, 0.25) is 17.7 Å². The van der Waals surface area contributed by atoms with Crippen molar-refractivity contribution in [2.75, 3.05) is 6.54 Å². The van der Waals surface area contributed by atoms with Crippen molar-refractivity contribution in [1.29, 1.82) is 0 Å². The third-order valence-corrected chi connectivity index (χ3v) is 3.84. The Bertz CT molecular complexity index is 607. The number of rotatable bonds is 13. The van der Waals surface area contributed by atoms with Crippen LogP contribution in [-0.2, 0) is 24.0 Å². The predicted molar refractivity (Wildman–Crippen MR) is 104 cm³/mol. The van der Waals surface area contributed by atoms with Crippen LogP contribution in [0.4, 0.5) is 0 Å². The van der Waals surface area contributed by atoms with Gasteiger partial charge in [0.25, 0.3) is 0 Å². The van der Waals surface area contributed by atoms with Crippen LogP contribution in [0.2, 0.25) is 0 Å². The number of amides is 3. The van der Waals surface area contributed by atoms with Gasteiger partial charge in [-0.1, -0.05) is 27.7 Å². The van der Waals surface area contributed by atoms with Crippen LogP contribution >= 0.6 is 0 Å². The van der Waals surface area contributed by atoms with Gasteiger partial charge in [-0.25, -0.2) is 4.79 Å². The zero-order chi connectivity index (χ0) is 22.7. The number of nitrogens with two attached hydrogens (primary N) is 1. The molecule has 0 spiro atoms. The monoisotopic (exact) mass is 416 g/mol. The molecule has 0 radical (unpaired) electrons. The average molecular weight is 416 g/mol. The molecule has 0 aliphatic carbocycles. The molecule has 29 heavy (non-hydrogen) atoms. The maximum atomic E-state index is 12.3. The molecule has 3 atom stereocenters. The van der Waals surface area contributed by atoms with E-state index in [1.807, 2.05) is 13.8 Å². The minimum absolute atomic E-state index is 0.0332. The van der Waals surface area contributed by atoms with E-state index in [0.717, 1.165) is 0 Å². The summed E-state index contributed by atoms with van der Waals surface area (Å²) in [6, 6.07) is -3.51. The van der Waals surface area contributed by atoms with E-state index in [-0.39, 0.29) is 18.3 Å². The second kappa shape index (κ2) is 12.7. The standard InChI is InChI=1S/C18H32N4O7/c1-9(2)5-11(19)16(26)20-8-14(23)21-12(7-15(24)25)17(27)22-13(18(28)29)6-10(3)4/h9-13H,5-8,19H2,1-4H3,(H,20,26)(H,21,23)(H,22,27)(H,24,25)(H,28,29). The molecule has 0 saturated carbocycles. The Balaban J connectivity index is 4.90. The molecule has 0 aliphatic rings.